The van der Waals surface area contributed by atoms with Gasteiger partial charge in [-0.2, -0.15) is 0 Å². The number of fused-ring (bicyclic) bond motifs is 4. The molecule has 56 heavy (non-hydrogen) atoms. The van der Waals surface area contributed by atoms with Crippen LogP contribution in [0.1, 0.15) is 46.6 Å². The van der Waals surface area contributed by atoms with Crippen molar-refractivity contribution in [2.24, 2.45) is 0 Å². The van der Waals surface area contributed by atoms with Crippen molar-refractivity contribution in [1.29, 1.82) is 0 Å². The quantitative estimate of drug-likeness (QED) is 0.235. The number of anilines is 3. The molecule has 15 nitrogen and oxygen atoms in total. The van der Waals surface area contributed by atoms with E-state index in [2.05, 4.69) is 40.5 Å². The summed E-state index contributed by atoms with van der Waals surface area (Å²) in [6, 6.07) is 11.6. The van der Waals surface area contributed by atoms with Gasteiger partial charge in [0.15, 0.2) is 17.4 Å². The fraction of sp³-hybridized carbons (Fsp3) is 0.410. The van der Waals surface area contributed by atoms with Crippen LogP contribution in [0, 0.1) is 12.7 Å². The highest BCUT2D eigenvalue weighted by atomic mass is 19.1. The van der Waals surface area contributed by atoms with E-state index in [0.717, 1.165) is 60.9 Å². The molecule has 3 fully saturated rings. The van der Waals surface area contributed by atoms with Gasteiger partial charge in [-0.1, -0.05) is 12.1 Å². The molecule has 5 aliphatic rings. The molecule has 3 saturated heterocycles. The number of aromatic hydroxyl groups is 1. The molecule has 3 N–H and O–H groups in total. The number of hydrogen-bond donors (Lipinski definition) is 3. The maximum absolute atomic E-state index is 14.1. The molecule has 0 bridgehead atoms. The number of hydrogen-bond acceptors (Lipinski definition) is 13. The summed E-state index contributed by atoms with van der Waals surface area (Å²) in [6.45, 7) is 7.39. The van der Waals surface area contributed by atoms with Crippen LogP contribution in [-0.2, 0) is 22.7 Å². The Balaban J connectivity index is 0.00000217. The van der Waals surface area contributed by atoms with E-state index < -0.39 is 23.5 Å². The predicted molar refractivity (Wildman–Crippen MR) is 202 cm³/mol. The highest BCUT2D eigenvalue weighted by Crippen LogP contribution is 2.39. The van der Waals surface area contributed by atoms with Gasteiger partial charge in [0.05, 0.1) is 48.7 Å². The van der Waals surface area contributed by atoms with E-state index in [-0.39, 0.29) is 35.9 Å². The van der Waals surface area contributed by atoms with Crippen LogP contribution >= 0.6 is 0 Å². The number of phenols is 1. The lowest BCUT2D eigenvalue weighted by Gasteiger charge is -2.36. The van der Waals surface area contributed by atoms with Gasteiger partial charge >= 0.3 is 0 Å². The number of nitrogens with zero attached hydrogens (tertiary/aromatic N) is 8. The number of nitrogens with one attached hydrogen (secondary N) is 2. The van der Waals surface area contributed by atoms with Crippen LogP contribution in [0.25, 0.3) is 11.3 Å². The Morgan fingerprint density at radius 2 is 1.82 bits per heavy atom. The molecule has 0 spiro atoms. The van der Waals surface area contributed by atoms with Gasteiger partial charge in [-0.3, -0.25) is 29.0 Å². The zero-order valence-corrected chi connectivity index (χ0v) is 31.0. The fourth-order valence-corrected chi connectivity index (χ4v) is 8.24. The number of imide groups is 1. The Bertz CT molecular complexity index is 2180. The van der Waals surface area contributed by atoms with Gasteiger partial charge in [-0.05, 0) is 49.2 Å². The summed E-state index contributed by atoms with van der Waals surface area (Å²) in [5.41, 5.74) is 5.57. The summed E-state index contributed by atoms with van der Waals surface area (Å²) in [4.78, 5) is 55.3. The number of para-hydroxylation sites is 1. The molecule has 4 aromatic rings. The lowest BCUT2D eigenvalue weighted by atomic mass is 10.0. The zero-order chi connectivity index (χ0) is 39.1. The van der Waals surface area contributed by atoms with E-state index in [1.807, 2.05) is 31.2 Å². The van der Waals surface area contributed by atoms with E-state index in [1.165, 1.54) is 12.1 Å². The first-order valence-corrected chi connectivity index (χ1v) is 18.7. The molecule has 17 heteroatoms. The van der Waals surface area contributed by atoms with Gasteiger partial charge in [0, 0.05) is 75.5 Å². The van der Waals surface area contributed by atoms with Gasteiger partial charge in [0.2, 0.25) is 17.7 Å². The number of amides is 3. The Hall–Kier alpha value is -5.97. The number of ether oxygens (including phenoxy) is 1. The van der Waals surface area contributed by atoms with Crippen LogP contribution < -0.4 is 25.2 Å². The maximum Gasteiger partial charge on any atom is 0.255 e. The number of carbonyl (C=O) groups is 3. The normalized spacial score (nSPS) is 21.8. The van der Waals surface area contributed by atoms with Crippen LogP contribution in [0.15, 0.2) is 48.7 Å². The van der Waals surface area contributed by atoms with Crippen molar-refractivity contribution < 1.29 is 33.0 Å². The standard InChI is InChI=1S/C38H39FN10O5.CH3F/c1-21-37(54-26-13-25-17-40-35-32(48(25)20-26)15-30(44-45-35)27-3-2-4-29(39)34(27)51)41-16-23(42-21)19-46-9-11-47(12-10-46)24-6-5-22-18-49(38(53)28(22)14-24)31-7-8-33(50)43-36(31)52;1-2/h2-6,14-16,25-26,31,51H,7-13,17-20H2,1H3,(H,40,45)(H,43,50,52);1H3. The lowest BCUT2D eigenvalue weighted by Crippen LogP contribution is -2.52. The number of aromatic nitrogens is 4. The predicted octanol–water partition coefficient (Wildman–Crippen LogP) is 3.21. The number of carbonyl (C=O) groups excluding carboxylic acids is 3. The molecule has 0 aliphatic carbocycles. The van der Waals surface area contributed by atoms with Gasteiger partial charge in [0.25, 0.3) is 5.91 Å². The number of halogens is 2. The summed E-state index contributed by atoms with van der Waals surface area (Å²) in [6.07, 6.45) is 2.98. The molecule has 292 valence electrons. The number of benzene rings is 2. The lowest BCUT2D eigenvalue weighted by molar-refractivity contribution is -0.136. The third-order valence-corrected chi connectivity index (χ3v) is 11.1. The number of alkyl halides is 1. The van der Waals surface area contributed by atoms with Gasteiger partial charge in [-0.25, -0.2) is 14.4 Å². The number of piperidine rings is 1. The SMILES string of the molecule is CF.Cc1nc(CN2CCN(c3ccc4c(c3)C(=O)N(C3CCC(=O)NC3=O)C4)CC2)cnc1OC1CC2CNc3nnc(-c4cccc(F)c4O)cc3N2C1. The van der Waals surface area contributed by atoms with Crippen molar-refractivity contribution >= 4 is 34.9 Å². The van der Waals surface area contributed by atoms with E-state index >= 15 is 0 Å². The van der Waals surface area contributed by atoms with E-state index in [4.69, 9.17) is 9.72 Å². The summed E-state index contributed by atoms with van der Waals surface area (Å²) >= 11 is 0. The molecule has 0 saturated carbocycles. The molecule has 3 unspecified atom stereocenters. The molecule has 7 heterocycles. The minimum atomic E-state index is -0.711. The van der Waals surface area contributed by atoms with E-state index in [9.17, 15) is 28.3 Å². The minimum absolute atomic E-state index is 0.135. The van der Waals surface area contributed by atoms with Crippen molar-refractivity contribution in [1.82, 2.24) is 35.3 Å². The Morgan fingerprint density at radius 1 is 1.00 bits per heavy atom. The van der Waals surface area contributed by atoms with Gasteiger partial charge in [0.1, 0.15) is 12.1 Å². The molecule has 2 aromatic heterocycles. The smallest absolute Gasteiger partial charge is 0.255 e. The highest BCUT2D eigenvalue weighted by Gasteiger charge is 2.40. The summed E-state index contributed by atoms with van der Waals surface area (Å²) in [7, 11) is 0.500. The third-order valence-electron chi connectivity index (χ3n) is 11.1. The number of aryl methyl sites for hydroxylation is 1. The van der Waals surface area contributed by atoms with E-state index in [1.54, 1.807) is 17.2 Å². The molecular weight excluding hydrogens is 726 g/mol. The average molecular weight is 769 g/mol. The van der Waals surface area contributed by atoms with Crippen LogP contribution in [0.3, 0.4) is 0 Å². The van der Waals surface area contributed by atoms with Crippen LogP contribution in [-0.4, -0.2) is 117 Å². The molecule has 3 atom stereocenters. The summed E-state index contributed by atoms with van der Waals surface area (Å²) in [5, 5.41) is 24.5. The molecule has 9 rings (SSSR count). The van der Waals surface area contributed by atoms with Crippen LogP contribution in [0.4, 0.5) is 26.0 Å². The van der Waals surface area contributed by atoms with Gasteiger partial charge < -0.3 is 29.9 Å². The summed E-state index contributed by atoms with van der Waals surface area (Å²) < 4.78 is 30.0. The Kier molecular flexibility index (Phi) is 10.1. The third kappa shape index (κ3) is 7.02. The van der Waals surface area contributed by atoms with E-state index in [0.29, 0.717) is 62.7 Å². The molecule has 2 aromatic carbocycles. The van der Waals surface area contributed by atoms with Crippen molar-refractivity contribution in [3.8, 4) is 22.9 Å². The average Bonchev–Trinajstić information content (AvgIpc) is 3.78. The first-order chi connectivity index (χ1) is 27.2. The first-order valence-electron chi connectivity index (χ1n) is 18.7. The highest BCUT2D eigenvalue weighted by molar-refractivity contribution is 6.05. The topological polar surface area (TPSA) is 169 Å². The monoisotopic (exact) mass is 768 g/mol. The second-order valence-corrected chi connectivity index (χ2v) is 14.5. The zero-order valence-electron chi connectivity index (χ0n) is 31.0. The largest absolute Gasteiger partial charge is 0.504 e. The maximum atomic E-state index is 14.1. The Labute approximate surface area is 321 Å². The second kappa shape index (κ2) is 15.3. The number of piperazine rings is 1. The second-order valence-electron chi connectivity index (χ2n) is 14.5. The van der Waals surface area contributed by atoms with Crippen LogP contribution in [0.2, 0.25) is 0 Å². The minimum Gasteiger partial charge on any atom is -0.504 e. The summed E-state index contributed by atoms with van der Waals surface area (Å²) in [5.74, 6) is -0.894. The number of rotatable bonds is 7. The fourth-order valence-electron chi connectivity index (χ4n) is 8.24. The van der Waals surface area contributed by atoms with Crippen LogP contribution in [0.5, 0.6) is 11.6 Å². The molecular formula is C39H42F2N10O5. The van der Waals surface area contributed by atoms with Crippen molar-refractivity contribution in [2.45, 2.75) is 57.5 Å². The first kappa shape index (κ1) is 37.0. The van der Waals surface area contributed by atoms with Crippen molar-refractivity contribution in [3.05, 3.63) is 77.0 Å². The van der Waals surface area contributed by atoms with Crippen molar-refractivity contribution in [3.63, 3.8) is 0 Å². The molecule has 3 amide bonds. The molecule has 5 aliphatic heterocycles. The van der Waals surface area contributed by atoms with Gasteiger partial charge in [-0.15, -0.1) is 10.2 Å². The Morgan fingerprint density at radius 3 is 2.61 bits per heavy atom. The number of phenolic OH excluding ortho intramolecular Hbond substituents is 1. The van der Waals surface area contributed by atoms with Crippen molar-refractivity contribution in [2.75, 3.05) is 61.6 Å². The molecule has 0 radical (unpaired) electrons.